The number of halogens is 5. The average Bonchev–Trinajstić information content (AvgIpc) is 2.54. The monoisotopic (exact) mass is 488 g/mol. The van der Waals surface area contributed by atoms with Crippen LogP contribution in [0.5, 0.6) is 0 Å². The number of nitro benzene ring substituents is 2. The SMILES string of the molecule is O=C(Cl)c1c(Cl)ccc([N+](=O)[O-])c1Cl.O=C(O)c1c(Cl)ccc([N+](=O)[O-])c1Cl. The number of carboxylic acids is 1. The summed E-state index contributed by atoms with van der Waals surface area (Å²) in [7, 11) is 0. The van der Waals surface area contributed by atoms with E-state index >= 15 is 0 Å². The van der Waals surface area contributed by atoms with Crippen LogP contribution in [0.4, 0.5) is 11.4 Å². The fourth-order valence-electron chi connectivity index (χ4n) is 1.74. The zero-order valence-corrected chi connectivity index (χ0v) is 16.8. The first kappa shape index (κ1) is 23.9. The standard InChI is InChI=1S/C7H2Cl3NO3.C7H3Cl2NO4/c8-3-1-2-4(11(13)14)6(9)5(3)7(10)12;8-3-1-2-4(10(13)14)6(9)5(3)7(11)12/h1-2H;1-2H,(H,11,12). The van der Waals surface area contributed by atoms with Crippen molar-refractivity contribution in [3.05, 3.63) is 75.7 Å². The highest BCUT2D eigenvalue weighted by Gasteiger charge is 2.23. The van der Waals surface area contributed by atoms with Gasteiger partial charge in [-0.25, -0.2) is 4.79 Å². The molecule has 0 aliphatic carbocycles. The van der Waals surface area contributed by atoms with E-state index in [1.54, 1.807) is 0 Å². The van der Waals surface area contributed by atoms with Crippen molar-refractivity contribution in [1.82, 2.24) is 0 Å². The largest absolute Gasteiger partial charge is 0.478 e. The number of rotatable bonds is 4. The van der Waals surface area contributed by atoms with Gasteiger partial charge >= 0.3 is 5.97 Å². The van der Waals surface area contributed by atoms with E-state index in [0.717, 1.165) is 18.2 Å². The molecule has 0 heterocycles. The lowest BCUT2D eigenvalue weighted by molar-refractivity contribution is -0.384. The maximum Gasteiger partial charge on any atom is 0.339 e. The van der Waals surface area contributed by atoms with Gasteiger partial charge in [0, 0.05) is 12.1 Å². The van der Waals surface area contributed by atoms with Crippen LogP contribution in [0.2, 0.25) is 20.1 Å². The molecule has 2 aromatic carbocycles. The van der Waals surface area contributed by atoms with Gasteiger partial charge in [-0.15, -0.1) is 0 Å². The van der Waals surface area contributed by atoms with Crippen LogP contribution in [0.15, 0.2) is 24.3 Å². The van der Waals surface area contributed by atoms with Crippen molar-refractivity contribution < 1.29 is 24.5 Å². The quantitative estimate of drug-likeness (QED) is 0.320. The molecule has 0 spiro atoms. The number of hydrogen-bond donors (Lipinski definition) is 1. The molecule has 0 aliphatic heterocycles. The molecule has 0 radical (unpaired) electrons. The fourth-order valence-corrected chi connectivity index (χ4v) is 3.25. The van der Waals surface area contributed by atoms with E-state index in [-0.39, 0.29) is 20.6 Å². The van der Waals surface area contributed by atoms with E-state index in [1.165, 1.54) is 6.07 Å². The number of carboxylic acid groups (broad SMARTS) is 1. The van der Waals surface area contributed by atoms with Crippen molar-refractivity contribution in [1.29, 1.82) is 0 Å². The maximum atomic E-state index is 10.8. The van der Waals surface area contributed by atoms with Gasteiger partial charge in [0.05, 0.1) is 25.5 Å². The number of nitrogens with zero attached hydrogens (tertiary/aromatic N) is 2. The van der Waals surface area contributed by atoms with Crippen molar-refractivity contribution in [2.75, 3.05) is 0 Å². The summed E-state index contributed by atoms with van der Waals surface area (Å²) >= 11 is 27.3. The second-order valence-electron chi connectivity index (χ2n) is 4.60. The third kappa shape index (κ3) is 5.43. The maximum absolute atomic E-state index is 10.8. The minimum Gasteiger partial charge on any atom is -0.478 e. The molecule has 9 nitrogen and oxygen atoms in total. The Morgan fingerprint density at radius 2 is 1.14 bits per heavy atom. The predicted octanol–water partition coefficient (Wildman–Crippen LogP) is 5.88. The summed E-state index contributed by atoms with van der Waals surface area (Å²) in [6.07, 6.45) is 0. The molecule has 0 saturated carbocycles. The highest BCUT2D eigenvalue weighted by Crippen LogP contribution is 2.34. The van der Waals surface area contributed by atoms with Gasteiger partial charge in [0.1, 0.15) is 15.6 Å². The molecule has 2 aromatic rings. The minimum absolute atomic E-state index is 0.0133. The van der Waals surface area contributed by atoms with Crippen LogP contribution in [-0.2, 0) is 0 Å². The zero-order valence-electron chi connectivity index (χ0n) is 13.0. The first-order chi connectivity index (χ1) is 12.9. The molecular formula is C14H5Cl5N2O7. The molecule has 0 bridgehead atoms. The van der Waals surface area contributed by atoms with Crippen LogP contribution < -0.4 is 0 Å². The molecule has 2 rings (SSSR count). The summed E-state index contributed by atoms with van der Waals surface area (Å²) in [5.41, 5.74) is -1.58. The predicted molar refractivity (Wildman–Crippen MR) is 103 cm³/mol. The first-order valence-electron chi connectivity index (χ1n) is 6.58. The van der Waals surface area contributed by atoms with Crippen molar-refractivity contribution in [3.8, 4) is 0 Å². The lowest BCUT2D eigenvalue weighted by Gasteiger charge is -2.01. The Hall–Kier alpha value is -2.17. The third-order valence-corrected chi connectivity index (χ3v) is 4.53. The van der Waals surface area contributed by atoms with Crippen LogP contribution in [0.1, 0.15) is 20.7 Å². The smallest absolute Gasteiger partial charge is 0.339 e. The normalized spacial score (nSPS) is 9.89. The van der Waals surface area contributed by atoms with E-state index in [1.807, 2.05) is 0 Å². The summed E-state index contributed by atoms with van der Waals surface area (Å²) in [6.45, 7) is 0. The molecule has 28 heavy (non-hydrogen) atoms. The lowest BCUT2D eigenvalue weighted by atomic mass is 10.2. The number of carbonyl (C=O) groups is 2. The highest BCUT2D eigenvalue weighted by atomic mass is 35.5. The first-order valence-corrected chi connectivity index (χ1v) is 8.47. The van der Waals surface area contributed by atoms with E-state index in [2.05, 4.69) is 0 Å². The molecule has 0 atom stereocenters. The zero-order chi connectivity index (χ0) is 21.8. The molecule has 0 saturated heterocycles. The Morgan fingerprint density at radius 3 is 1.46 bits per heavy atom. The Kier molecular flexibility index (Phi) is 8.40. The molecule has 1 N–H and O–H groups in total. The Balaban J connectivity index is 0.000000280. The summed E-state index contributed by atoms with van der Waals surface area (Å²) in [4.78, 5) is 40.8. The average molecular weight is 490 g/mol. The second-order valence-corrected chi connectivity index (χ2v) is 6.52. The minimum atomic E-state index is -1.40. The fraction of sp³-hybridized carbons (Fsp3) is 0. The molecule has 0 aliphatic rings. The molecule has 0 aromatic heterocycles. The Morgan fingerprint density at radius 1 is 0.786 bits per heavy atom. The van der Waals surface area contributed by atoms with Crippen LogP contribution >= 0.6 is 58.0 Å². The van der Waals surface area contributed by atoms with E-state index in [9.17, 15) is 29.8 Å². The number of hydrogen-bond acceptors (Lipinski definition) is 6. The van der Waals surface area contributed by atoms with Crippen molar-refractivity contribution >= 4 is 80.6 Å². The van der Waals surface area contributed by atoms with Gasteiger partial charge in [-0.05, 0) is 23.7 Å². The van der Waals surface area contributed by atoms with E-state index < -0.39 is 43.0 Å². The topological polar surface area (TPSA) is 141 Å². The van der Waals surface area contributed by atoms with Gasteiger partial charge < -0.3 is 5.11 Å². The molecule has 0 unspecified atom stereocenters. The van der Waals surface area contributed by atoms with E-state index in [4.69, 9.17) is 63.1 Å². The molecule has 14 heteroatoms. The Bertz CT molecular complexity index is 917. The summed E-state index contributed by atoms with van der Waals surface area (Å²) < 4.78 is 0. The molecule has 0 fully saturated rings. The lowest BCUT2D eigenvalue weighted by Crippen LogP contribution is -2.01. The van der Waals surface area contributed by atoms with Crippen molar-refractivity contribution in [2.45, 2.75) is 0 Å². The van der Waals surface area contributed by atoms with Gasteiger partial charge in [-0.3, -0.25) is 25.0 Å². The van der Waals surface area contributed by atoms with Crippen LogP contribution in [0.3, 0.4) is 0 Å². The highest BCUT2D eigenvalue weighted by molar-refractivity contribution is 6.70. The Labute approximate surface area is 180 Å². The second kappa shape index (κ2) is 9.85. The molecule has 0 amide bonds. The van der Waals surface area contributed by atoms with Crippen LogP contribution in [0, 0.1) is 20.2 Å². The number of carbonyl (C=O) groups excluding carboxylic acids is 1. The van der Waals surface area contributed by atoms with Gasteiger partial charge in [0.2, 0.25) is 0 Å². The molecule has 148 valence electrons. The summed E-state index contributed by atoms with van der Waals surface area (Å²) in [5.74, 6) is -1.40. The van der Waals surface area contributed by atoms with Gasteiger partial charge in [-0.1, -0.05) is 46.4 Å². The summed E-state index contributed by atoms with van der Waals surface area (Å²) in [6, 6.07) is 4.47. The summed E-state index contributed by atoms with van der Waals surface area (Å²) in [5, 5.41) is 27.6. The van der Waals surface area contributed by atoms with Crippen molar-refractivity contribution in [2.24, 2.45) is 0 Å². The van der Waals surface area contributed by atoms with Crippen molar-refractivity contribution in [3.63, 3.8) is 0 Å². The molecular weight excluding hydrogens is 485 g/mol. The van der Waals surface area contributed by atoms with Gasteiger partial charge in [0.15, 0.2) is 0 Å². The third-order valence-electron chi connectivity index (χ3n) is 2.95. The van der Waals surface area contributed by atoms with Gasteiger partial charge in [0.25, 0.3) is 16.6 Å². The van der Waals surface area contributed by atoms with Crippen LogP contribution in [0.25, 0.3) is 0 Å². The number of benzene rings is 2. The number of aromatic carboxylic acids is 1. The number of nitro groups is 2. The van der Waals surface area contributed by atoms with Gasteiger partial charge in [-0.2, -0.15) is 0 Å². The van der Waals surface area contributed by atoms with E-state index in [0.29, 0.717) is 0 Å². The van der Waals surface area contributed by atoms with Crippen LogP contribution in [-0.4, -0.2) is 26.2 Å².